The van der Waals surface area contributed by atoms with E-state index in [4.69, 9.17) is 4.74 Å². The molecule has 0 aliphatic rings. The van der Waals surface area contributed by atoms with Crippen LogP contribution in [0.2, 0.25) is 0 Å². The summed E-state index contributed by atoms with van der Waals surface area (Å²) >= 11 is 1.19. The van der Waals surface area contributed by atoms with Crippen molar-refractivity contribution in [3.8, 4) is 0 Å². The number of unbranched alkanes of at least 4 members (excludes halogenated alkanes) is 1. The molecule has 0 fully saturated rings. The van der Waals surface area contributed by atoms with Crippen LogP contribution in [0.4, 0.5) is 0 Å². The maximum Gasteiger partial charge on any atom is 0.306 e. The normalized spacial score (nSPS) is 14.9. The third-order valence-electron chi connectivity index (χ3n) is 9.48. The highest BCUT2D eigenvalue weighted by Crippen LogP contribution is 2.31. The van der Waals surface area contributed by atoms with Crippen molar-refractivity contribution in [2.75, 3.05) is 27.2 Å². The molecule has 2 aromatic rings. The van der Waals surface area contributed by atoms with E-state index in [9.17, 15) is 29.1 Å². The average Bonchev–Trinajstić information content (AvgIpc) is 3.61. The zero-order valence-corrected chi connectivity index (χ0v) is 33.3. The number of carbonyl (C=O) groups is 5. The number of amides is 3. The van der Waals surface area contributed by atoms with Gasteiger partial charge in [0, 0.05) is 37.4 Å². The molecule has 0 bridgehead atoms. The van der Waals surface area contributed by atoms with Crippen molar-refractivity contribution < 1.29 is 33.8 Å². The molecule has 0 aliphatic carbocycles. The first-order valence-corrected chi connectivity index (χ1v) is 19.5. The number of benzene rings is 1. The van der Waals surface area contributed by atoms with Gasteiger partial charge in [0.2, 0.25) is 11.8 Å². The lowest BCUT2D eigenvalue weighted by Gasteiger charge is -2.37. The Balaban J connectivity index is 2.32. The van der Waals surface area contributed by atoms with Gasteiger partial charge in [-0.15, -0.1) is 11.3 Å². The second-order valence-electron chi connectivity index (χ2n) is 14.3. The molecule has 3 N–H and O–H groups in total. The Morgan fingerprint density at radius 3 is 2.21 bits per heavy atom. The lowest BCUT2D eigenvalue weighted by atomic mass is 9.93. The number of rotatable bonds is 23. The van der Waals surface area contributed by atoms with Gasteiger partial charge in [0.1, 0.15) is 16.7 Å². The maximum absolute atomic E-state index is 14.1. The van der Waals surface area contributed by atoms with E-state index in [1.807, 2.05) is 70.0 Å². The highest BCUT2D eigenvalue weighted by molar-refractivity contribution is 7.09. The van der Waals surface area contributed by atoms with E-state index < -0.39 is 48.0 Å². The summed E-state index contributed by atoms with van der Waals surface area (Å²) < 4.78 is 5.90. The topological polar surface area (TPSA) is 158 Å². The van der Waals surface area contributed by atoms with E-state index >= 15 is 0 Å². The van der Waals surface area contributed by atoms with Gasteiger partial charge in [-0.05, 0) is 50.3 Å². The van der Waals surface area contributed by atoms with E-state index in [0.717, 1.165) is 24.9 Å². The summed E-state index contributed by atoms with van der Waals surface area (Å²) in [6.07, 6.45) is 2.89. The SMILES string of the molecule is CCCCN(C)CC(=O)N[C@H](C(=O)N(C)[C@H](C[C@@H](OC(=O)CC)c1nc(C(=O)N[C@@H](Cc2ccccc2)C[C@H](C)C(=O)O)cs1)C(C)C)[C@@H](C)CC. The minimum atomic E-state index is -0.945. The molecular weight excluding hydrogens is 683 g/mol. The molecule has 1 aromatic carbocycles. The zero-order chi connectivity index (χ0) is 39.0. The number of aliphatic carboxylic acids is 1. The van der Waals surface area contributed by atoms with Crippen LogP contribution in [0, 0.1) is 17.8 Å². The molecule has 0 aliphatic heterocycles. The molecule has 3 amide bonds. The monoisotopic (exact) mass is 743 g/mol. The third kappa shape index (κ3) is 14.3. The molecule has 52 heavy (non-hydrogen) atoms. The number of nitrogens with one attached hydrogen (secondary N) is 2. The van der Waals surface area contributed by atoms with Crippen LogP contribution in [0.1, 0.15) is 114 Å². The van der Waals surface area contributed by atoms with E-state index in [1.54, 1.807) is 31.2 Å². The molecule has 0 spiro atoms. The van der Waals surface area contributed by atoms with Crippen molar-refractivity contribution in [3.05, 3.63) is 52.0 Å². The van der Waals surface area contributed by atoms with Crippen LogP contribution in [0.25, 0.3) is 0 Å². The molecule has 6 atom stereocenters. The highest BCUT2D eigenvalue weighted by Gasteiger charge is 2.36. The van der Waals surface area contributed by atoms with Crippen LogP contribution in [-0.4, -0.2) is 94.9 Å². The van der Waals surface area contributed by atoms with Crippen molar-refractivity contribution in [3.63, 3.8) is 0 Å². The predicted octanol–water partition coefficient (Wildman–Crippen LogP) is 5.73. The number of aromatic nitrogens is 1. The Labute approximate surface area is 314 Å². The van der Waals surface area contributed by atoms with Crippen molar-refractivity contribution in [2.45, 2.75) is 118 Å². The number of ether oxygens (including phenoxy) is 1. The molecule has 1 heterocycles. The van der Waals surface area contributed by atoms with Crippen molar-refractivity contribution in [1.29, 1.82) is 0 Å². The van der Waals surface area contributed by atoms with Gasteiger partial charge in [0.05, 0.1) is 12.5 Å². The molecule has 0 unspecified atom stereocenters. The number of thiazole rings is 1. The molecule has 290 valence electrons. The fourth-order valence-corrected chi connectivity index (χ4v) is 6.83. The maximum atomic E-state index is 14.1. The molecule has 13 heteroatoms. The van der Waals surface area contributed by atoms with E-state index in [2.05, 4.69) is 22.5 Å². The molecule has 0 saturated carbocycles. The molecule has 12 nitrogen and oxygen atoms in total. The van der Waals surface area contributed by atoms with Crippen LogP contribution in [0.5, 0.6) is 0 Å². The van der Waals surface area contributed by atoms with Gasteiger partial charge in [0.15, 0.2) is 6.10 Å². The average molecular weight is 744 g/mol. The lowest BCUT2D eigenvalue weighted by Crippen LogP contribution is -2.55. The third-order valence-corrected chi connectivity index (χ3v) is 10.4. The van der Waals surface area contributed by atoms with E-state index in [-0.39, 0.29) is 55.2 Å². The summed E-state index contributed by atoms with van der Waals surface area (Å²) in [4.78, 5) is 73.2. The summed E-state index contributed by atoms with van der Waals surface area (Å²) in [6, 6.07) is 7.95. The Bertz CT molecular complexity index is 1440. The first-order valence-electron chi connectivity index (χ1n) is 18.6. The fraction of sp³-hybridized carbons (Fsp3) is 0.641. The standard InChI is InChI=1S/C39H61N5O7S/c1-10-13-19-43(8)23-33(45)42-35(26(6)11-2)38(48)44(9)31(25(4)5)22-32(51-34(46)12-3)37-41-30(24-52-37)36(47)40-29(20-27(7)39(49)50)21-28-17-15-14-16-18-28/h14-18,24-27,29,31-32,35H,10-13,19-23H2,1-9H3,(H,40,47)(H,42,45)(H,49,50)/t26-,27-,29+,31+,32+,35-/m0/s1. The van der Waals surface area contributed by atoms with Gasteiger partial charge >= 0.3 is 11.9 Å². The Hall–Kier alpha value is -3.84. The van der Waals surface area contributed by atoms with Crippen LogP contribution in [0.3, 0.4) is 0 Å². The number of carboxylic acid groups (broad SMARTS) is 1. The van der Waals surface area contributed by atoms with Crippen molar-refractivity contribution in [2.24, 2.45) is 17.8 Å². The first-order chi connectivity index (χ1) is 24.6. The summed E-state index contributed by atoms with van der Waals surface area (Å²) in [5, 5.41) is 17.5. The number of likely N-dealkylation sites (N-methyl/N-ethyl adjacent to an activating group) is 2. The van der Waals surface area contributed by atoms with Crippen LogP contribution in [0.15, 0.2) is 35.7 Å². The highest BCUT2D eigenvalue weighted by atomic mass is 32.1. The van der Waals surface area contributed by atoms with Gasteiger partial charge < -0.3 is 25.4 Å². The summed E-state index contributed by atoms with van der Waals surface area (Å²) in [6.45, 7) is 14.3. The summed E-state index contributed by atoms with van der Waals surface area (Å²) in [7, 11) is 3.61. The van der Waals surface area contributed by atoms with Gasteiger partial charge in [-0.1, -0.05) is 91.6 Å². The lowest BCUT2D eigenvalue weighted by molar-refractivity contribution is -0.151. The van der Waals surface area contributed by atoms with Crippen LogP contribution < -0.4 is 10.6 Å². The van der Waals surface area contributed by atoms with Gasteiger partial charge in [-0.2, -0.15) is 0 Å². The summed E-state index contributed by atoms with van der Waals surface area (Å²) in [5.74, 6) is -3.12. The van der Waals surface area contributed by atoms with E-state index in [1.165, 1.54) is 11.3 Å². The Kier molecular flexibility index (Phi) is 19.0. The number of carboxylic acids is 1. The number of carbonyl (C=O) groups excluding carboxylic acids is 4. The van der Waals surface area contributed by atoms with Gasteiger partial charge in [-0.25, -0.2) is 4.98 Å². The van der Waals surface area contributed by atoms with Crippen molar-refractivity contribution >= 4 is 41.0 Å². The van der Waals surface area contributed by atoms with Crippen LogP contribution >= 0.6 is 11.3 Å². The summed E-state index contributed by atoms with van der Waals surface area (Å²) in [5.41, 5.74) is 1.09. The van der Waals surface area contributed by atoms with Gasteiger partial charge in [0.25, 0.3) is 5.91 Å². The number of hydrogen-bond donors (Lipinski definition) is 3. The minimum absolute atomic E-state index is 0.0528. The Morgan fingerprint density at radius 2 is 1.63 bits per heavy atom. The predicted molar refractivity (Wildman–Crippen MR) is 204 cm³/mol. The zero-order valence-electron chi connectivity index (χ0n) is 32.5. The quantitative estimate of drug-likeness (QED) is 0.121. The van der Waals surface area contributed by atoms with Crippen LogP contribution in [-0.2, 0) is 30.3 Å². The molecule has 1 aromatic heterocycles. The molecule has 2 rings (SSSR count). The number of nitrogens with zero attached hydrogens (tertiary/aromatic N) is 3. The smallest absolute Gasteiger partial charge is 0.306 e. The van der Waals surface area contributed by atoms with E-state index in [0.29, 0.717) is 17.8 Å². The Morgan fingerprint density at radius 1 is 0.962 bits per heavy atom. The van der Waals surface area contributed by atoms with Gasteiger partial charge in [-0.3, -0.25) is 28.9 Å². The molecular formula is C39H61N5O7S. The number of hydrogen-bond acceptors (Lipinski definition) is 9. The minimum Gasteiger partial charge on any atom is -0.481 e. The molecule has 0 saturated heterocycles. The first kappa shape index (κ1) is 44.3. The largest absolute Gasteiger partial charge is 0.481 e. The molecule has 0 radical (unpaired) electrons. The second kappa shape index (κ2) is 22.3. The van der Waals surface area contributed by atoms with Crippen molar-refractivity contribution in [1.82, 2.24) is 25.4 Å². The second-order valence-corrected chi connectivity index (χ2v) is 15.1. The number of esters is 1. The fourth-order valence-electron chi connectivity index (χ4n) is 5.99.